The van der Waals surface area contributed by atoms with E-state index in [2.05, 4.69) is 6.92 Å². The summed E-state index contributed by atoms with van der Waals surface area (Å²) in [5.74, 6) is -1.09. The molecular weight excluding hydrogens is 352 g/mol. The highest BCUT2D eigenvalue weighted by atomic mass is 35.5. The zero-order valence-corrected chi connectivity index (χ0v) is 17.7. The number of ether oxygens (including phenoxy) is 2. The Kier molecular flexibility index (Phi) is 18.4. The van der Waals surface area contributed by atoms with Crippen LogP contribution in [0.3, 0.4) is 0 Å². The van der Waals surface area contributed by atoms with Gasteiger partial charge in [0.05, 0.1) is 12.0 Å². The van der Waals surface area contributed by atoms with Gasteiger partial charge in [0.25, 0.3) is 0 Å². The Morgan fingerprint density at radius 1 is 0.731 bits per heavy atom. The minimum atomic E-state index is -0.576. The number of unbranched alkanes of at least 4 members (excludes halogenated alkanes) is 12. The molecule has 0 aliphatic rings. The minimum absolute atomic E-state index is 0.118. The van der Waals surface area contributed by atoms with E-state index in [1.165, 1.54) is 70.6 Å². The third-order valence-electron chi connectivity index (χ3n) is 4.27. The summed E-state index contributed by atoms with van der Waals surface area (Å²) in [6.45, 7) is 4.48. The lowest BCUT2D eigenvalue weighted by molar-refractivity contribution is -0.154. The molecule has 1 unspecified atom stereocenters. The SMILES string of the molecule is CCCCCCCCCCCCCCCOC(=O)CC(=O)OCC(C)Cl. The molecule has 154 valence electrons. The van der Waals surface area contributed by atoms with Crippen molar-refractivity contribution in [3.8, 4) is 0 Å². The predicted molar refractivity (Wildman–Crippen MR) is 108 cm³/mol. The van der Waals surface area contributed by atoms with Crippen molar-refractivity contribution in [3.05, 3.63) is 0 Å². The van der Waals surface area contributed by atoms with E-state index < -0.39 is 11.9 Å². The molecule has 0 heterocycles. The fourth-order valence-electron chi connectivity index (χ4n) is 2.73. The van der Waals surface area contributed by atoms with Crippen LogP contribution in [0.1, 0.15) is 104 Å². The van der Waals surface area contributed by atoms with Crippen molar-refractivity contribution in [2.45, 2.75) is 109 Å². The maximum atomic E-state index is 11.5. The summed E-state index contributed by atoms with van der Waals surface area (Å²) in [5, 5.41) is -0.249. The maximum Gasteiger partial charge on any atom is 0.317 e. The van der Waals surface area contributed by atoms with Crippen molar-refractivity contribution in [1.29, 1.82) is 0 Å². The van der Waals surface area contributed by atoms with Gasteiger partial charge in [-0.3, -0.25) is 9.59 Å². The molecule has 0 aromatic heterocycles. The Bertz CT molecular complexity index is 345. The molecule has 0 aromatic rings. The van der Waals surface area contributed by atoms with Crippen LogP contribution in [0.4, 0.5) is 0 Å². The number of halogens is 1. The Morgan fingerprint density at radius 3 is 1.62 bits per heavy atom. The lowest BCUT2D eigenvalue weighted by Crippen LogP contribution is -2.17. The number of esters is 2. The van der Waals surface area contributed by atoms with Gasteiger partial charge >= 0.3 is 11.9 Å². The minimum Gasteiger partial charge on any atom is -0.465 e. The first-order valence-electron chi connectivity index (χ1n) is 10.5. The van der Waals surface area contributed by atoms with Crippen LogP contribution in [0.15, 0.2) is 0 Å². The molecule has 4 nitrogen and oxygen atoms in total. The van der Waals surface area contributed by atoms with Gasteiger partial charge < -0.3 is 9.47 Å². The van der Waals surface area contributed by atoms with Crippen molar-refractivity contribution < 1.29 is 19.1 Å². The van der Waals surface area contributed by atoms with Crippen molar-refractivity contribution >= 4 is 23.5 Å². The molecule has 0 rings (SSSR count). The van der Waals surface area contributed by atoms with E-state index in [0.29, 0.717) is 6.61 Å². The molecule has 0 saturated carbocycles. The third kappa shape index (κ3) is 19.6. The van der Waals surface area contributed by atoms with Crippen molar-refractivity contribution in [2.24, 2.45) is 0 Å². The van der Waals surface area contributed by atoms with Crippen LogP contribution in [-0.4, -0.2) is 30.5 Å². The molecule has 1 atom stereocenters. The summed E-state index contributed by atoms with van der Waals surface area (Å²) in [4.78, 5) is 22.8. The van der Waals surface area contributed by atoms with Gasteiger partial charge in [0.2, 0.25) is 0 Å². The van der Waals surface area contributed by atoms with Gasteiger partial charge in [-0.05, 0) is 13.3 Å². The Hall–Kier alpha value is -0.770. The number of carbonyl (C=O) groups excluding carboxylic acids is 2. The third-order valence-corrected chi connectivity index (χ3v) is 4.40. The predicted octanol–water partition coefficient (Wildman–Crippen LogP) is 6.18. The van der Waals surface area contributed by atoms with Gasteiger partial charge in [-0.1, -0.05) is 84.0 Å². The smallest absolute Gasteiger partial charge is 0.317 e. The first kappa shape index (κ1) is 25.2. The molecule has 0 saturated heterocycles. The number of hydrogen-bond donors (Lipinski definition) is 0. The average molecular weight is 391 g/mol. The average Bonchev–Trinajstić information content (AvgIpc) is 2.60. The highest BCUT2D eigenvalue weighted by Gasteiger charge is 2.12. The van der Waals surface area contributed by atoms with E-state index in [4.69, 9.17) is 21.1 Å². The maximum absolute atomic E-state index is 11.5. The van der Waals surface area contributed by atoms with Crippen molar-refractivity contribution in [3.63, 3.8) is 0 Å². The quantitative estimate of drug-likeness (QED) is 0.121. The fourth-order valence-corrected chi connectivity index (χ4v) is 2.80. The molecule has 0 N–H and O–H groups in total. The van der Waals surface area contributed by atoms with Crippen molar-refractivity contribution in [1.82, 2.24) is 0 Å². The van der Waals surface area contributed by atoms with Crippen LogP contribution >= 0.6 is 11.6 Å². The molecule has 0 aromatic carbocycles. The zero-order chi connectivity index (χ0) is 19.5. The lowest BCUT2D eigenvalue weighted by Gasteiger charge is -2.07. The van der Waals surface area contributed by atoms with Crippen LogP contribution in [0.2, 0.25) is 0 Å². The van der Waals surface area contributed by atoms with E-state index in [1.54, 1.807) is 6.92 Å². The summed E-state index contributed by atoms with van der Waals surface area (Å²) in [6.07, 6.45) is 16.3. The van der Waals surface area contributed by atoms with Crippen LogP contribution in [-0.2, 0) is 19.1 Å². The van der Waals surface area contributed by atoms with E-state index >= 15 is 0 Å². The number of hydrogen-bond acceptors (Lipinski definition) is 4. The summed E-state index contributed by atoms with van der Waals surface area (Å²) < 4.78 is 9.87. The molecule has 26 heavy (non-hydrogen) atoms. The second kappa shape index (κ2) is 19.0. The summed E-state index contributed by atoms with van der Waals surface area (Å²) >= 11 is 5.67. The van der Waals surface area contributed by atoms with E-state index in [0.717, 1.165) is 12.8 Å². The van der Waals surface area contributed by atoms with Crippen LogP contribution in [0.5, 0.6) is 0 Å². The van der Waals surface area contributed by atoms with E-state index in [1.807, 2.05) is 0 Å². The number of alkyl halides is 1. The summed E-state index contributed by atoms with van der Waals surface area (Å²) in [5.41, 5.74) is 0. The van der Waals surface area contributed by atoms with E-state index in [-0.39, 0.29) is 18.4 Å². The molecule has 0 spiro atoms. The summed E-state index contributed by atoms with van der Waals surface area (Å²) in [7, 11) is 0. The summed E-state index contributed by atoms with van der Waals surface area (Å²) in [6, 6.07) is 0. The van der Waals surface area contributed by atoms with Crippen molar-refractivity contribution in [2.75, 3.05) is 13.2 Å². The molecule has 0 radical (unpaired) electrons. The normalized spacial score (nSPS) is 12.0. The topological polar surface area (TPSA) is 52.6 Å². The number of carbonyl (C=O) groups is 2. The fraction of sp³-hybridized carbons (Fsp3) is 0.905. The van der Waals surface area contributed by atoms with Crippen LogP contribution in [0, 0.1) is 0 Å². The molecule has 0 aliphatic heterocycles. The molecule has 0 aliphatic carbocycles. The standard InChI is InChI=1S/C21H39ClO4/c1-3-4-5-6-7-8-9-10-11-12-13-14-15-16-25-20(23)17-21(24)26-18-19(2)22/h19H,3-18H2,1-2H3. The highest BCUT2D eigenvalue weighted by Crippen LogP contribution is 2.12. The van der Waals surface area contributed by atoms with Gasteiger partial charge in [0.15, 0.2) is 0 Å². The van der Waals surface area contributed by atoms with Gasteiger partial charge in [-0.25, -0.2) is 0 Å². The first-order chi connectivity index (χ1) is 12.6. The van der Waals surface area contributed by atoms with Crippen LogP contribution in [0.25, 0.3) is 0 Å². The Labute approximate surface area is 165 Å². The molecule has 0 amide bonds. The molecular formula is C21H39ClO4. The largest absolute Gasteiger partial charge is 0.465 e. The lowest BCUT2D eigenvalue weighted by atomic mass is 10.0. The molecule has 0 bridgehead atoms. The zero-order valence-electron chi connectivity index (χ0n) is 16.9. The second-order valence-electron chi connectivity index (χ2n) is 7.10. The molecule has 0 fully saturated rings. The Morgan fingerprint density at radius 2 is 1.15 bits per heavy atom. The van der Waals surface area contributed by atoms with Crippen LogP contribution < -0.4 is 0 Å². The van der Waals surface area contributed by atoms with E-state index in [9.17, 15) is 9.59 Å². The highest BCUT2D eigenvalue weighted by molar-refractivity contribution is 6.20. The van der Waals surface area contributed by atoms with Gasteiger partial charge in [-0.15, -0.1) is 11.6 Å². The van der Waals surface area contributed by atoms with Gasteiger partial charge in [-0.2, -0.15) is 0 Å². The second-order valence-corrected chi connectivity index (χ2v) is 7.85. The first-order valence-corrected chi connectivity index (χ1v) is 10.9. The van der Waals surface area contributed by atoms with Gasteiger partial charge in [0.1, 0.15) is 13.0 Å². The Balaban J connectivity index is 3.25. The van der Waals surface area contributed by atoms with Gasteiger partial charge in [0, 0.05) is 0 Å². The molecule has 5 heteroatoms. The number of rotatable bonds is 18. The monoisotopic (exact) mass is 390 g/mol.